The Morgan fingerprint density at radius 2 is 1.81 bits per heavy atom. The van der Waals surface area contributed by atoms with Gasteiger partial charge >= 0.3 is 5.97 Å². The van der Waals surface area contributed by atoms with Gasteiger partial charge in [-0.3, -0.25) is 4.79 Å². The molecule has 1 atom stereocenters. The molecule has 1 amide bonds. The van der Waals surface area contributed by atoms with Crippen molar-refractivity contribution in [3.05, 3.63) is 58.6 Å². The number of nitrogens with zero attached hydrogens (tertiary/aromatic N) is 2. The Morgan fingerprint density at radius 3 is 2.55 bits per heavy atom. The maximum Gasteiger partial charge on any atom is 0.337 e. The highest BCUT2D eigenvalue weighted by atomic mass is 35.5. The molecule has 0 radical (unpaired) electrons. The first-order valence-corrected chi connectivity index (χ1v) is 11.3. The third-order valence-electron chi connectivity index (χ3n) is 6.18. The van der Waals surface area contributed by atoms with Crippen LogP contribution in [-0.2, 0) is 0 Å². The molecule has 6 nitrogen and oxygen atoms in total. The third-order valence-corrected chi connectivity index (χ3v) is 6.51. The summed E-state index contributed by atoms with van der Waals surface area (Å²) in [7, 11) is 0. The number of hydrogen-bond donors (Lipinski definition) is 2. The maximum absolute atomic E-state index is 12.6. The molecule has 2 fully saturated rings. The molecule has 31 heavy (non-hydrogen) atoms. The molecule has 0 aromatic heterocycles. The molecule has 2 heterocycles. The molecule has 4 rings (SSSR count). The zero-order valence-electron chi connectivity index (χ0n) is 17.5. The average molecular weight is 442 g/mol. The van der Waals surface area contributed by atoms with Crippen LogP contribution in [0.5, 0.6) is 0 Å². The lowest BCUT2D eigenvalue weighted by Gasteiger charge is -2.36. The van der Waals surface area contributed by atoms with Gasteiger partial charge in [0, 0.05) is 25.3 Å². The van der Waals surface area contributed by atoms with Crippen molar-refractivity contribution in [1.82, 2.24) is 4.90 Å². The predicted molar refractivity (Wildman–Crippen MR) is 123 cm³/mol. The number of carboxylic acids is 1. The van der Waals surface area contributed by atoms with Crippen molar-refractivity contribution in [1.29, 1.82) is 0 Å². The minimum atomic E-state index is -0.995. The van der Waals surface area contributed by atoms with Crippen molar-refractivity contribution in [3.63, 3.8) is 0 Å². The number of carboxylic acid groups (broad SMARTS) is 1. The molecule has 2 aromatic carbocycles. The highest BCUT2D eigenvalue weighted by Gasteiger charge is 2.26. The number of benzene rings is 2. The first-order valence-electron chi connectivity index (χ1n) is 10.9. The van der Waals surface area contributed by atoms with Gasteiger partial charge in [0.05, 0.1) is 21.8 Å². The fraction of sp³-hybridized carbons (Fsp3) is 0.417. The molecule has 0 unspecified atom stereocenters. The van der Waals surface area contributed by atoms with Crippen LogP contribution >= 0.6 is 11.6 Å². The summed E-state index contributed by atoms with van der Waals surface area (Å²) in [4.78, 5) is 29.3. The number of anilines is 2. The molecule has 0 spiro atoms. The van der Waals surface area contributed by atoms with E-state index in [1.807, 2.05) is 6.07 Å². The summed E-state index contributed by atoms with van der Waals surface area (Å²) in [5.74, 6) is -0.808. The van der Waals surface area contributed by atoms with E-state index in [1.165, 1.54) is 38.4 Å². The number of likely N-dealkylation sites (tertiary alicyclic amines) is 1. The number of amides is 1. The van der Waals surface area contributed by atoms with E-state index in [9.17, 15) is 14.7 Å². The highest BCUT2D eigenvalue weighted by Crippen LogP contribution is 2.30. The van der Waals surface area contributed by atoms with Gasteiger partial charge in [0.2, 0.25) is 0 Å². The Bertz CT molecular complexity index is 959. The minimum Gasteiger partial charge on any atom is -0.478 e. The summed E-state index contributed by atoms with van der Waals surface area (Å²) in [6.45, 7) is 5.16. The van der Waals surface area contributed by atoms with Gasteiger partial charge in [0.1, 0.15) is 0 Å². The van der Waals surface area contributed by atoms with E-state index in [0.717, 1.165) is 31.7 Å². The van der Waals surface area contributed by atoms with Gasteiger partial charge in [-0.05, 0) is 75.0 Å². The number of piperidine rings is 1. The van der Waals surface area contributed by atoms with Crippen LogP contribution in [0.2, 0.25) is 5.02 Å². The van der Waals surface area contributed by atoms with Gasteiger partial charge in [-0.2, -0.15) is 0 Å². The molecular formula is C24H28ClN3O3. The van der Waals surface area contributed by atoms with E-state index >= 15 is 0 Å². The monoisotopic (exact) mass is 441 g/mol. The standard InChI is InChI=1S/C24H28ClN3O3/c25-21-8-2-1-7-19(21)23(29)26-18-9-10-22(20(14-18)24(30)31)28-13-5-6-17(16-28)15-27-11-3-4-12-27/h1-2,7-10,14,17H,3-6,11-13,15-16H2,(H,26,29)(H,30,31)/t17-/m0/s1. The van der Waals surface area contributed by atoms with E-state index in [4.69, 9.17) is 11.6 Å². The van der Waals surface area contributed by atoms with Crippen LogP contribution in [0.1, 0.15) is 46.4 Å². The minimum absolute atomic E-state index is 0.207. The van der Waals surface area contributed by atoms with Gasteiger partial charge < -0.3 is 20.2 Å². The smallest absolute Gasteiger partial charge is 0.337 e. The molecule has 7 heteroatoms. The van der Waals surface area contributed by atoms with Crippen LogP contribution in [0.4, 0.5) is 11.4 Å². The lowest BCUT2D eigenvalue weighted by molar-refractivity contribution is 0.0697. The Kier molecular flexibility index (Phi) is 6.78. The second-order valence-corrected chi connectivity index (χ2v) is 8.84. The van der Waals surface area contributed by atoms with Gasteiger partial charge in [0.15, 0.2) is 0 Å². The molecule has 0 aliphatic carbocycles. The lowest BCUT2D eigenvalue weighted by Crippen LogP contribution is -2.41. The van der Waals surface area contributed by atoms with E-state index in [-0.39, 0.29) is 11.5 Å². The Hall–Kier alpha value is -2.57. The number of hydrogen-bond acceptors (Lipinski definition) is 4. The zero-order chi connectivity index (χ0) is 21.8. The third kappa shape index (κ3) is 5.20. The quantitative estimate of drug-likeness (QED) is 0.685. The fourth-order valence-corrected chi connectivity index (χ4v) is 4.89. The van der Waals surface area contributed by atoms with Gasteiger partial charge in [-0.15, -0.1) is 0 Å². The first kappa shape index (κ1) is 21.7. The molecule has 2 N–H and O–H groups in total. The summed E-state index contributed by atoms with van der Waals surface area (Å²) in [5.41, 5.74) is 1.72. The normalized spacial score (nSPS) is 19.4. The molecule has 2 aliphatic rings. The Balaban J connectivity index is 1.50. The lowest BCUT2D eigenvalue weighted by atomic mass is 9.96. The van der Waals surface area contributed by atoms with Crippen LogP contribution in [-0.4, -0.2) is 54.6 Å². The summed E-state index contributed by atoms with van der Waals surface area (Å²) < 4.78 is 0. The summed E-state index contributed by atoms with van der Waals surface area (Å²) >= 11 is 6.10. The molecule has 0 bridgehead atoms. The van der Waals surface area contributed by atoms with Crippen molar-refractivity contribution < 1.29 is 14.7 Å². The first-order chi connectivity index (χ1) is 15.0. The van der Waals surface area contributed by atoms with Gasteiger partial charge in [0.25, 0.3) is 5.91 Å². The van der Waals surface area contributed by atoms with Crippen molar-refractivity contribution >= 4 is 34.9 Å². The SMILES string of the molecule is O=C(Nc1ccc(N2CCC[C@@H](CN3CCCC3)C2)c(C(=O)O)c1)c1ccccc1Cl. The van der Waals surface area contributed by atoms with Gasteiger partial charge in [-0.1, -0.05) is 23.7 Å². The number of nitrogens with one attached hydrogen (secondary N) is 1. The number of rotatable bonds is 6. The van der Waals surface area contributed by atoms with Crippen LogP contribution in [0.3, 0.4) is 0 Å². The second-order valence-electron chi connectivity index (χ2n) is 8.43. The maximum atomic E-state index is 12.6. The topological polar surface area (TPSA) is 72.9 Å². The number of aromatic carboxylic acids is 1. The van der Waals surface area contributed by atoms with Crippen LogP contribution < -0.4 is 10.2 Å². The average Bonchev–Trinajstić information content (AvgIpc) is 3.27. The van der Waals surface area contributed by atoms with Crippen molar-refractivity contribution in [2.75, 3.05) is 42.9 Å². The Morgan fingerprint density at radius 1 is 1.03 bits per heavy atom. The fourth-order valence-electron chi connectivity index (χ4n) is 4.67. The van der Waals surface area contributed by atoms with Crippen LogP contribution in [0, 0.1) is 5.92 Å². The summed E-state index contributed by atoms with van der Waals surface area (Å²) in [6, 6.07) is 11.9. The summed E-state index contributed by atoms with van der Waals surface area (Å²) in [5, 5.41) is 13.0. The number of carbonyl (C=O) groups excluding carboxylic acids is 1. The van der Waals surface area contributed by atoms with E-state index in [2.05, 4.69) is 15.1 Å². The predicted octanol–water partition coefficient (Wildman–Crippen LogP) is 4.60. The highest BCUT2D eigenvalue weighted by molar-refractivity contribution is 6.34. The molecule has 2 aromatic rings. The van der Waals surface area contributed by atoms with E-state index in [1.54, 1.807) is 30.3 Å². The Labute approximate surface area is 187 Å². The molecule has 164 valence electrons. The summed E-state index contributed by atoms with van der Waals surface area (Å²) in [6.07, 6.45) is 4.80. The molecule has 0 saturated carbocycles. The number of halogens is 1. The van der Waals surface area contributed by atoms with Crippen LogP contribution in [0.25, 0.3) is 0 Å². The van der Waals surface area contributed by atoms with Crippen molar-refractivity contribution in [2.24, 2.45) is 5.92 Å². The molecule has 2 saturated heterocycles. The molecular weight excluding hydrogens is 414 g/mol. The van der Waals surface area contributed by atoms with Crippen LogP contribution in [0.15, 0.2) is 42.5 Å². The largest absolute Gasteiger partial charge is 0.478 e. The van der Waals surface area contributed by atoms with Crippen molar-refractivity contribution in [3.8, 4) is 0 Å². The number of carbonyl (C=O) groups is 2. The van der Waals surface area contributed by atoms with Gasteiger partial charge in [-0.25, -0.2) is 4.79 Å². The molecule has 2 aliphatic heterocycles. The van der Waals surface area contributed by atoms with E-state index in [0.29, 0.717) is 22.2 Å². The van der Waals surface area contributed by atoms with Crippen molar-refractivity contribution in [2.45, 2.75) is 25.7 Å². The zero-order valence-corrected chi connectivity index (χ0v) is 18.3. The van der Waals surface area contributed by atoms with E-state index < -0.39 is 5.97 Å². The second kappa shape index (κ2) is 9.71.